The van der Waals surface area contributed by atoms with Gasteiger partial charge in [-0.1, -0.05) is 0 Å². The van der Waals surface area contributed by atoms with Crippen molar-refractivity contribution in [3.05, 3.63) is 22.4 Å². The first-order chi connectivity index (χ1) is 8.53. The Bertz CT molecular complexity index is 440. The van der Waals surface area contributed by atoms with Gasteiger partial charge >= 0.3 is 12.0 Å². The van der Waals surface area contributed by atoms with Crippen LogP contribution in [0.15, 0.2) is 16.8 Å². The second kappa shape index (κ2) is 4.97. The van der Waals surface area contributed by atoms with E-state index >= 15 is 0 Å². The first-order valence-electron chi connectivity index (χ1n) is 5.77. The van der Waals surface area contributed by atoms with Crippen LogP contribution >= 0.6 is 11.3 Å². The van der Waals surface area contributed by atoms with Gasteiger partial charge < -0.3 is 15.3 Å². The molecular weight excluding hydrogens is 252 g/mol. The quantitative estimate of drug-likeness (QED) is 0.854. The molecule has 98 valence electrons. The standard InChI is InChI=1S/C12H16N2O3S/c1-14(6-9-2-5-18-7-9)11(17)13-8-12(3-4-12)10(15)16/h2,5,7H,3-4,6,8H2,1H3,(H,13,17)(H,15,16). The smallest absolute Gasteiger partial charge is 0.317 e. The minimum atomic E-state index is -0.816. The molecule has 1 aromatic heterocycles. The predicted octanol–water partition coefficient (Wildman–Crippen LogP) is 1.75. The summed E-state index contributed by atoms with van der Waals surface area (Å²) in [5.74, 6) is -0.816. The molecule has 1 aliphatic carbocycles. The molecule has 18 heavy (non-hydrogen) atoms. The maximum Gasteiger partial charge on any atom is 0.317 e. The van der Waals surface area contributed by atoms with E-state index in [1.807, 2.05) is 16.8 Å². The molecule has 0 radical (unpaired) electrons. The molecule has 1 heterocycles. The van der Waals surface area contributed by atoms with Gasteiger partial charge in [0.05, 0.1) is 5.41 Å². The lowest BCUT2D eigenvalue weighted by molar-refractivity contribution is -0.143. The van der Waals surface area contributed by atoms with Crippen molar-refractivity contribution in [3.8, 4) is 0 Å². The summed E-state index contributed by atoms with van der Waals surface area (Å²) >= 11 is 1.59. The van der Waals surface area contributed by atoms with Crippen molar-refractivity contribution in [3.63, 3.8) is 0 Å². The highest BCUT2D eigenvalue weighted by Crippen LogP contribution is 2.45. The van der Waals surface area contributed by atoms with Gasteiger partial charge in [0, 0.05) is 20.1 Å². The number of amides is 2. The van der Waals surface area contributed by atoms with Crippen LogP contribution in [0.3, 0.4) is 0 Å². The van der Waals surface area contributed by atoms with E-state index in [-0.39, 0.29) is 12.6 Å². The van der Waals surface area contributed by atoms with Crippen LogP contribution in [0.2, 0.25) is 0 Å². The Morgan fingerprint density at radius 1 is 1.56 bits per heavy atom. The van der Waals surface area contributed by atoms with Crippen LogP contribution < -0.4 is 5.32 Å². The lowest BCUT2D eigenvalue weighted by Crippen LogP contribution is -2.41. The highest BCUT2D eigenvalue weighted by Gasteiger charge is 2.50. The van der Waals surface area contributed by atoms with Gasteiger partial charge in [-0.05, 0) is 35.2 Å². The van der Waals surface area contributed by atoms with Gasteiger partial charge in [-0.3, -0.25) is 4.79 Å². The average molecular weight is 268 g/mol. The molecule has 0 spiro atoms. The van der Waals surface area contributed by atoms with E-state index in [1.165, 1.54) is 0 Å². The summed E-state index contributed by atoms with van der Waals surface area (Å²) in [6, 6.07) is 1.74. The van der Waals surface area contributed by atoms with Gasteiger partial charge in [0.15, 0.2) is 0 Å². The highest BCUT2D eigenvalue weighted by atomic mass is 32.1. The molecule has 0 aliphatic heterocycles. The molecule has 1 aromatic rings. The van der Waals surface area contributed by atoms with Gasteiger partial charge in [0.2, 0.25) is 0 Å². The molecule has 1 fully saturated rings. The number of carbonyl (C=O) groups is 2. The summed E-state index contributed by atoms with van der Waals surface area (Å²) in [5.41, 5.74) is 0.371. The van der Waals surface area contributed by atoms with Crippen molar-refractivity contribution in [1.82, 2.24) is 10.2 Å². The minimum absolute atomic E-state index is 0.217. The van der Waals surface area contributed by atoms with Crippen molar-refractivity contribution in [2.24, 2.45) is 5.41 Å². The van der Waals surface area contributed by atoms with E-state index in [0.717, 1.165) is 5.56 Å². The molecule has 2 N–H and O–H groups in total. The third-order valence-corrected chi connectivity index (χ3v) is 3.96. The topological polar surface area (TPSA) is 69.6 Å². The monoisotopic (exact) mass is 268 g/mol. The Labute approximate surface area is 109 Å². The number of rotatable bonds is 5. The lowest BCUT2D eigenvalue weighted by Gasteiger charge is -2.19. The fourth-order valence-electron chi connectivity index (χ4n) is 1.73. The molecule has 0 saturated heterocycles. The molecule has 0 atom stereocenters. The number of carbonyl (C=O) groups excluding carboxylic acids is 1. The second-order valence-corrected chi connectivity index (χ2v) is 5.51. The molecule has 2 amide bonds. The van der Waals surface area contributed by atoms with Gasteiger partial charge in [0.1, 0.15) is 0 Å². The SMILES string of the molecule is CN(Cc1ccsc1)C(=O)NCC1(C(=O)O)CC1. The number of urea groups is 1. The number of carboxylic acids is 1. The molecule has 0 aromatic carbocycles. The third-order valence-electron chi connectivity index (χ3n) is 3.23. The summed E-state index contributed by atoms with van der Waals surface area (Å²) in [7, 11) is 1.70. The fraction of sp³-hybridized carbons (Fsp3) is 0.500. The molecule has 1 saturated carbocycles. The van der Waals surface area contributed by atoms with E-state index in [0.29, 0.717) is 19.4 Å². The van der Waals surface area contributed by atoms with Crippen LogP contribution in [0.4, 0.5) is 4.79 Å². The zero-order valence-corrected chi connectivity index (χ0v) is 11.0. The van der Waals surface area contributed by atoms with Gasteiger partial charge in [-0.2, -0.15) is 11.3 Å². The lowest BCUT2D eigenvalue weighted by atomic mass is 10.1. The zero-order valence-electron chi connectivity index (χ0n) is 10.2. The number of thiophene rings is 1. The van der Waals surface area contributed by atoms with Crippen LogP contribution in [0.1, 0.15) is 18.4 Å². The number of nitrogens with zero attached hydrogens (tertiary/aromatic N) is 1. The van der Waals surface area contributed by atoms with Gasteiger partial charge in [-0.15, -0.1) is 0 Å². The number of hydrogen-bond donors (Lipinski definition) is 2. The first-order valence-corrected chi connectivity index (χ1v) is 6.71. The van der Waals surface area contributed by atoms with Gasteiger partial charge in [0.25, 0.3) is 0 Å². The van der Waals surface area contributed by atoms with Crippen molar-refractivity contribution < 1.29 is 14.7 Å². The molecule has 6 heteroatoms. The Morgan fingerprint density at radius 3 is 2.78 bits per heavy atom. The number of aliphatic carboxylic acids is 1. The minimum Gasteiger partial charge on any atom is -0.481 e. The molecule has 0 unspecified atom stereocenters. The van der Waals surface area contributed by atoms with Crippen LogP contribution in [0.25, 0.3) is 0 Å². The Kier molecular flexibility index (Phi) is 3.56. The van der Waals surface area contributed by atoms with Crippen LogP contribution in [0.5, 0.6) is 0 Å². The molecular formula is C12H16N2O3S. The maximum absolute atomic E-state index is 11.8. The van der Waals surface area contributed by atoms with Crippen LogP contribution in [-0.2, 0) is 11.3 Å². The normalized spacial score (nSPS) is 16.1. The van der Waals surface area contributed by atoms with E-state index in [4.69, 9.17) is 5.11 Å². The summed E-state index contributed by atoms with van der Waals surface area (Å²) in [4.78, 5) is 24.3. The van der Waals surface area contributed by atoms with E-state index in [2.05, 4.69) is 5.32 Å². The highest BCUT2D eigenvalue weighted by molar-refractivity contribution is 7.07. The number of hydrogen-bond acceptors (Lipinski definition) is 3. The Hall–Kier alpha value is -1.56. The van der Waals surface area contributed by atoms with Crippen molar-refractivity contribution in [2.45, 2.75) is 19.4 Å². The van der Waals surface area contributed by atoms with Crippen molar-refractivity contribution >= 4 is 23.3 Å². The summed E-state index contributed by atoms with van der Waals surface area (Å²) in [6.07, 6.45) is 1.30. The first kappa shape index (κ1) is 12.9. The summed E-state index contributed by atoms with van der Waals surface area (Å²) in [6.45, 7) is 0.755. The molecule has 5 nitrogen and oxygen atoms in total. The molecule has 1 aliphatic rings. The van der Waals surface area contributed by atoms with E-state index in [1.54, 1.807) is 23.3 Å². The van der Waals surface area contributed by atoms with E-state index < -0.39 is 11.4 Å². The van der Waals surface area contributed by atoms with Crippen LogP contribution in [0, 0.1) is 5.41 Å². The maximum atomic E-state index is 11.8. The average Bonchev–Trinajstić information content (AvgIpc) is 2.97. The Balaban J connectivity index is 1.79. The van der Waals surface area contributed by atoms with Gasteiger partial charge in [-0.25, -0.2) is 4.79 Å². The summed E-state index contributed by atoms with van der Waals surface area (Å²) < 4.78 is 0. The van der Waals surface area contributed by atoms with Crippen molar-refractivity contribution in [1.29, 1.82) is 0 Å². The largest absolute Gasteiger partial charge is 0.481 e. The predicted molar refractivity (Wildman–Crippen MR) is 68.5 cm³/mol. The van der Waals surface area contributed by atoms with Crippen LogP contribution in [-0.4, -0.2) is 35.6 Å². The van der Waals surface area contributed by atoms with E-state index in [9.17, 15) is 9.59 Å². The number of carboxylic acid groups (broad SMARTS) is 1. The van der Waals surface area contributed by atoms with Crippen molar-refractivity contribution in [2.75, 3.05) is 13.6 Å². The number of nitrogens with one attached hydrogen (secondary N) is 1. The second-order valence-electron chi connectivity index (χ2n) is 4.73. The summed E-state index contributed by atoms with van der Waals surface area (Å²) in [5, 5.41) is 15.6. The molecule has 0 bridgehead atoms. The fourth-order valence-corrected chi connectivity index (χ4v) is 2.39. The third kappa shape index (κ3) is 2.81. The zero-order chi connectivity index (χ0) is 13.2. The Morgan fingerprint density at radius 2 is 2.28 bits per heavy atom. The molecule has 2 rings (SSSR count).